The number of nitrogens with one attached hydrogen (secondary N) is 1. The van der Waals surface area contributed by atoms with Gasteiger partial charge in [-0.15, -0.1) is 0 Å². The number of hydrogen-bond acceptors (Lipinski definition) is 2. The van der Waals surface area contributed by atoms with E-state index in [1.165, 1.54) is 19.3 Å². The van der Waals surface area contributed by atoms with Crippen LogP contribution in [0.2, 0.25) is 0 Å². The Morgan fingerprint density at radius 3 is 2.59 bits per heavy atom. The molecular weight excluding hydrogens is 212 g/mol. The van der Waals surface area contributed by atoms with Crippen LogP contribution in [0.1, 0.15) is 59.3 Å². The normalized spacial score (nSPS) is 30.1. The summed E-state index contributed by atoms with van der Waals surface area (Å²) < 4.78 is 0. The van der Waals surface area contributed by atoms with Crippen molar-refractivity contribution in [1.29, 1.82) is 0 Å². The number of carbonyl (C=O) groups is 1. The average molecular weight is 238 g/mol. The summed E-state index contributed by atoms with van der Waals surface area (Å²) in [6, 6.07) is 0.607. The molecule has 2 atom stereocenters. The third-order valence-corrected chi connectivity index (χ3v) is 4.02. The topological polar surface area (TPSA) is 32.3 Å². The second-order valence-corrected chi connectivity index (χ2v) is 5.98. The van der Waals surface area contributed by atoms with Crippen molar-refractivity contribution in [2.24, 2.45) is 5.92 Å². The summed E-state index contributed by atoms with van der Waals surface area (Å²) in [6.45, 7) is 6.58. The van der Waals surface area contributed by atoms with Gasteiger partial charge in [-0.2, -0.15) is 0 Å². The van der Waals surface area contributed by atoms with E-state index in [1.807, 2.05) is 0 Å². The number of amides is 1. The Morgan fingerprint density at radius 1 is 1.41 bits per heavy atom. The molecule has 2 rings (SSSR count). The highest BCUT2D eigenvalue weighted by Gasteiger charge is 2.43. The van der Waals surface area contributed by atoms with Crippen molar-refractivity contribution < 1.29 is 4.79 Å². The molecule has 2 fully saturated rings. The molecule has 1 aliphatic heterocycles. The summed E-state index contributed by atoms with van der Waals surface area (Å²) in [7, 11) is 0. The predicted octanol–water partition coefficient (Wildman–Crippen LogP) is 2.51. The van der Waals surface area contributed by atoms with Gasteiger partial charge in [-0.3, -0.25) is 10.1 Å². The molecule has 98 valence electrons. The molecule has 2 unspecified atom stereocenters. The second-order valence-electron chi connectivity index (χ2n) is 5.98. The van der Waals surface area contributed by atoms with E-state index in [4.69, 9.17) is 0 Å². The summed E-state index contributed by atoms with van der Waals surface area (Å²) in [6.07, 6.45) is 7.23. The lowest BCUT2D eigenvalue weighted by molar-refractivity contribution is -0.134. The first-order valence-corrected chi connectivity index (χ1v) is 7.21. The molecule has 0 aromatic rings. The van der Waals surface area contributed by atoms with Crippen molar-refractivity contribution in [3.8, 4) is 0 Å². The zero-order chi connectivity index (χ0) is 12.4. The van der Waals surface area contributed by atoms with E-state index in [-0.39, 0.29) is 6.04 Å². The molecule has 0 bridgehead atoms. The maximum atomic E-state index is 12.4. The van der Waals surface area contributed by atoms with Gasteiger partial charge in [-0.25, -0.2) is 0 Å². The minimum absolute atomic E-state index is 0.0761. The zero-order valence-electron chi connectivity index (χ0n) is 11.4. The van der Waals surface area contributed by atoms with Crippen LogP contribution in [0.25, 0.3) is 0 Å². The highest BCUT2D eigenvalue weighted by atomic mass is 16.2. The molecule has 17 heavy (non-hydrogen) atoms. The van der Waals surface area contributed by atoms with E-state index >= 15 is 0 Å². The molecule has 0 aromatic carbocycles. The lowest BCUT2D eigenvalue weighted by Gasteiger charge is -2.38. The maximum absolute atomic E-state index is 12.4. The highest BCUT2D eigenvalue weighted by Crippen LogP contribution is 2.31. The van der Waals surface area contributed by atoms with E-state index in [1.54, 1.807) is 0 Å². The quantitative estimate of drug-likeness (QED) is 0.798. The van der Waals surface area contributed by atoms with Crippen molar-refractivity contribution in [1.82, 2.24) is 10.2 Å². The van der Waals surface area contributed by atoms with Gasteiger partial charge in [-0.05, 0) is 38.0 Å². The molecule has 1 saturated carbocycles. The number of carbonyl (C=O) groups excluding carboxylic acids is 1. The first-order valence-electron chi connectivity index (χ1n) is 7.21. The molecule has 0 radical (unpaired) electrons. The Labute approximate surface area is 105 Å². The summed E-state index contributed by atoms with van der Waals surface area (Å²) in [5.41, 5.74) is 0. The fourth-order valence-corrected chi connectivity index (χ4v) is 2.95. The lowest BCUT2D eigenvalue weighted by Crippen LogP contribution is -2.47. The third-order valence-electron chi connectivity index (χ3n) is 4.02. The van der Waals surface area contributed by atoms with Crippen LogP contribution in [0, 0.1) is 5.92 Å². The van der Waals surface area contributed by atoms with Crippen molar-refractivity contribution in [3.63, 3.8) is 0 Å². The van der Waals surface area contributed by atoms with Crippen LogP contribution in [-0.4, -0.2) is 29.1 Å². The van der Waals surface area contributed by atoms with Crippen molar-refractivity contribution in [2.75, 3.05) is 0 Å². The van der Waals surface area contributed by atoms with Crippen LogP contribution in [0.5, 0.6) is 0 Å². The van der Waals surface area contributed by atoms with Gasteiger partial charge in [0.1, 0.15) is 0 Å². The summed E-state index contributed by atoms with van der Waals surface area (Å²) >= 11 is 0. The van der Waals surface area contributed by atoms with E-state index in [9.17, 15) is 4.79 Å². The van der Waals surface area contributed by atoms with E-state index < -0.39 is 0 Å². The van der Waals surface area contributed by atoms with E-state index in [2.05, 4.69) is 31.0 Å². The zero-order valence-corrected chi connectivity index (χ0v) is 11.4. The number of rotatable bonds is 5. The van der Waals surface area contributed by atoms with Crippen LogP contribution in [0.15, 0.2) is 0 Å². The highest BCUT2D eigenvalue weighted by molar-refractivity contribution is 5.84. The van der Waals surface area contributed by atoms with Crippen LogP contribution in [0.3, 0.4) is 0 Å². The molecule has 1 aliphatic carbocycles. The fourth-order valence-electron chi connectivity index (χ4n) is 2.95. The lowest BCUT2D eigenvalue weighted by atomic mass is 9.90. The second kappa shape index (κ2) is 5.38. The van der Waals surface area contributed by atoms with Gasteiger partial charge < -0.3 is 4.90 Å². The van der Waals surface area contributed by atoms with Gasteiger partial charge in [0.2, 0.25) is 5.91 Å². The minimum atomic E-state index is 0.0761. The Bertz CT molecular complexity index is 273. The van der Waals surface area contributed by atoms with Crippen LogP contribution in [-0.2, 0) is 4.79 Å². The molecule has 1 N–H and O–H groups in total. The smallest absolute Gasteiger partial charge is 0.241 e. The van der Waals surface area contributed by atoms with Crippen LogP contribution < -0.4 is 5.32 Å². The standard InChI is InChI=1S/C14H26N2O/c1-4-6-13-15-12(9-10(2)3)14(17)16(13)11-7-5-8-11/h10-13,15H,4-9H2,1-3H3. The Kier molecular flexibility index (Phi) is 4.08. The first-order chi connectivity index (χ1) is 8.13. The SMILES string of the molecule is CCCC1NC(CC(C)C)C(=O)N1C1CCC1. The third kappa shape index (κ3) is 2.65. The van der Waals surface area contributed by atoms with Gasteiger partial charge in [0.25, 0.3) is 0 Å². The molecule has 1 amide bonds. The largest absolute Gasteiger partial charge is 0.323 e. The molecule has 0 aromatic heterocycles. The van der Waals surface area contributed by atoms with Crippen LogP contribution in [0.4, 0.5) is 0 Å². The predicted molar refractivity (Wildman–Crippen MR) is 69.6 cm³/mol. The van der Waals surface area contributed by atoms with Crippen molar-refractivity contribution >= 4 is 5.91 Å². The van der Waals surface area contributed by atoms with E-state index in [0.717, 1.165) is 19.3 Å². The number of hydrogen-bond donors (Lipinski definition) is 1. The summed E-state index contributed by atoms with van der Waals surface area (Å²) in [4.78, 5) is 14.6. The molecule has 3 heteroatoms. The van der Waals surface area contributed by atoms with E-state index in [0.29, 0.717) is 24.0 Å². The van der Waals surface area contributed by atoms with Crippen LogP contribution >= 0.6 is 0 Å². The number of nitrogens with zero attached hydrogens (tertiary/aromatic N) is 1. The fraction of sp³-hybridized carbons (Fsp3) is 0.929. The Balaban J connectivity index is 2.02. The van der Waals surface area contributed by atoms with Gasteiger partial charge in [0.15, 0.2) is 0 Å². The monoisotopic (exact) mass is 238 g/mol. The van der Waals surface area contributed by atoms with Gasteiger partial charge >= 0.3 is 0 Å². The Hall–Kier alpha value is -0.570. The first kappa shape index (κ1) is 12.9. The average Bonchev–Trinajstić information content (AvgIpc) is 2.44. The molecule has 3 nitrogen and oxygen atoms in total. The van der Waals surface area contributed by atoms with Crippen molar-refractivity contribution in [2.45, 2.75) is 77.5 Å². The summed E-state index contributed by atoms with van der Waals surface area (Å²) in [5.74, 6) is 0.946. The van der Waals surface area contributed by atoms with Gasteiger partial charge in [0.05, 0.1) is 12.2 Å². The maximum Gasteiger partial charge on any atom is 0.241 e. The molecule has 2 aliphatic rings. The molecule has 0 spiro atoms. The van der Waals surface area contributed by atoms with Gasteiger partial charge in [0, 0.05) is 6.04 Å². The molecule has 1 saturated heterocycles. The molecular formula is C14H26N2O. The summed E-state index contributed by atoms with van der Waals surface area (Å²) in [5, 5.41) is 3.55. The Morgan fingerprint density at radius 2 is 2.12 bits per heavy atom. The molecule has 1 heterocycles. The van der Waals surface area contributed by atoms with Gasteiger partial charge in [-0.1, -0.05) is 27.2 Å². The minimum Gasteiger partial charge on any atom is -0.323 e. The van der Waals surface area contributed by atoms with Crippen molar-refractivity contribution in [3.05, 3.63) is 0 Å².